The van der Waals surface area contributed by atoms with Crippen LogP contribution in [-0.4, -0.2) is 38.0 Å². The Morgan fingerprint density at radius 3 is 3.00 bits per heavy atom. The lowest BCUT2D eigenvalue weighted by Crippen LogP contribution is -2.20. The highest BCUT2D eigenvalue weighted by Gasteiger charge is 2.21. The van der Waals surface area contributed by atoms with Gasteiger partial charge in [-0.1, -0.05) is 15.9 Å². The fourth-order valence-electron chi connectivity index (χ4n) is 1.90. The molecule has 17 heavy (non-hydrogen) atoms. The predicted octanol–water partition coefficient (Wildman–Crippen LogP) is 1.37. The maximum Gasteiger partial charge on any atom is 0.150 e. The number of hydrogen-bond acceptors (Lipinski definition) is 4. The SMILES string of the molecule is OC(CBr)C(O)c1cnn([C@@H]2CCCCO2)c1. The van der Waals surface area contributed by atoms with Crippen LogP contribution in [0.2, 0.25) is 0 Å². The van der Waals surface area contributed by atoms with Gasteiger partial charge in [0, 0.05) is 23.7 Å². The minimum Gasteiger partial charge on any atom is -0.389 e. The van der Waals surface area contributed by atoms with Crippen molar-refractivity contribution in [1.29, 1.82) is 0 Å². The Bertz CT molecular complexity index is 336. The van der Waals surface area contributed by atoms with Crippen molar-refractivity contribution in [3.63, 3.8) is 0 Å². The van der Waals surface area contributed by atoms with Crippen molar-refractivity contribution in [3.8, 4) is 0 Å². The van der Waals surface area contributed by atoms with Gasteiger partial charge < -0.3 is 14.9 Å². The van der Waals surface area contributed by atoms with E-state index in [0.29, 0.717) is 10.9 Å². The van der Waals surface area contributed by atoms with Gasteiger partial charge in [0.1, 0.15) is 12.3 Å². The standard InChI is InChI=1S/C11H17BrN2O3/c12-5-9(15)11(16)8-6-13-14(7-8)10-3-1-2-4-17-10/h6-7,9-11,15-16H,1-5H2/t9?,10-,11?/m0/s1. The van der Waals surface area contributed by atoms with Crippen LogP contribution in [0.25, 0.3) is 0 Å². The number of halogens is 1. The molecule has 2 heterocycles. The van der Waals surface area contributed by atoms with Crippen molar-refractivity contribution in [2.24, 2.45) is 0 Å². The Kier molecular flexibility index (Phi) is 4.55. The first-order chi connectivity index (χ1) is 8.22. The van der Waals surface area contributed by atoms with Crippen molar-refractivity contribution in [2.45, 2.75) is 37.7 Å². The van der Waals surface area contributed by atoms with E-state index >= 15 is 0 Å². The molecule has 0 radical (unpaired) electrons. The molecule has 1 aromatic rings. The lowest BCUT2D eigenvalue weighted by Gasteiger charge is -2.22. The Morgan fingerprint density at radius 2 is 2.35 bits per heavy atom. The van der Waals surface area contributed by atoms with Crippen LogP contribution >= 0.6 is 15.9 Å². The number of aromatic nitrogens is 2. The minimum atomic E-state index is -0.910. The first kappa shape index (κ1) is 13.0. The third-order valence-corrected chi connectivity index (χ3v) is 3.60. The minimum absolute atomic E-state index is 0.0363. The second kappa shape index (κ2) is 5.95. The lowest BCUT2D eigenvalue weighted by atomic mass is 10.1. The fourth-order valence-corrected chi connectivity index (χ4v) is 2.26. The predicted molar refractivity (Wildman–Crippen MR) is 65.8 cm³/mol. The summed E-state index contributed by atoms with van der Waals surface area (Å²) in [6.45, 7) is 0.756. The van der Waals surface area contributed by atoms with Crippen molar-refractivity contribution >= 4 is 15.9 Å². The van der Waals surface area contributed by atoms with Crippen LogP contribution in [0.1, 0.15) is 37.2 Å². The van der Waals surface area contributed by atoms with Gasteiger partial charge in [0.15, 0.2) is 0 Å². The van der Waals surface area contributed by atoms with E-state index in [1.54, 1.807) is 17.1 Å². The second-order valence-corrected chi connectivity index (χ2v) is 4.89. The molecule has 2 unspecified atom stereocenters. The Hall–Kier alpha value is -0.430. The van der Waals surface area contributed by atoms with Crippen LogP contribution in [0.5, 0.6) is 0 Å². The van der Waals surface area contributed by atoms with Gasteiger partial charge in [-0.2, -0.15) is 5.10 Å². The molecular weight excluding hydrogens is 288 g/mol. The topological polar surface area (TPSA) is 67.5 Å². The van der Waals surface area contributed by atoms with E-state index in [1.807, 2.05) is 0 Å². The summed E-state index contributed by atoms with van der Waals surface area (Å²) in [6.07, 6.45) is 4.72. The zero-order valence-corrected chi connectivity index (χ0v) is 11.1. The number of rotatable bonds is 4. The smallest absolute Gasteiger partial charge is 0.150 e. The number of alkyl halides is 1. The maximum absolute atomic E-state index is 9.83. The van der Waals surface area contributed by atoms with Gasteiger partial charge in [-0.25, -0.2) is 4.68 Å². The molecule has 5 nitrogen and oxygen atoms in total. The normalized spacial score (nSPS) is 24.5. The number of aliphatic hydroxyl groups excluding tert-OH is 2. The van der Waals surface area contributed by atoms with Crippen LogP contribution < -0.4 is 0 Å². The van der Waals surface area contributed by atoms with Crippen LogP contribution in [0.3, 0.4) is 0 Å². The van der Waals surface area contributed by atoms with Gasteiger partial charge in [0.25, 0.3) is 0 Å². The number of nitrogens with zero attached hydrogens (tertiary/aromatic N) is 2. The van der Waals surface area contributed by atoms with Gasteiger partial charge in [0.05, 0.1) is 12.3 Å². The quantitative estimate of drug-likeness (QED) is 0.825. The molecule has 0 aliphatic carbocycles. The largest absolute Gasteiger partial charge is 0.389 e. The molecule has 96 valence electrons. The molecule has 2 rings (SSSR count). The van der Waals surface area contributed by atoms with Crippen LogP contribution in [0, 0.1) is 0 Å². The van der Waals surface area contributed by atoms with Gasteiger partial charge in [-0.3, -0.25) is 0 Å². The number of hydrogen-bond donors (Lipinski definition) is 2. The van der Waals surface area contributed by atoms with Crippen molar-refractivity contribution in [2.75, 3.05) is 11.9 Å². The van der Waals surface area contributed by atoms with Crippen molar-refractivity contribution < 1.29 is 14.9 Å². The highest BCUT2D eigenvalue weighted by Crippen LogP contribution is 2.24. The molecule has 0 bridgehead atoms. The fraction of sp³-hybridized carbons (Fsp3) is 0.727. The van der Waals surface area contributed by atoms with E-state index in [4.69, 9.17) is 4.74 Å². The lowest BCUT2D eigenvalue weighted by molar-refractivity contribution is -0.0397. The first-order valence-corrected chi connectivity index (χ1v) is 6.92. The molecule has 6 heteroatoms. The summed E-state index contributed by atoms with van der Waals surface area (Å²) >= 11 is 3.13. The van der Waals surface area contributed by atoms with E-state index in [1.165, 1.54) is 0 Å². The molecular formula is C11H17BrN2O3. The first-order valence-electron chi connectivity index (χ1n) is 5.80. The molecule has 3 atom stereocenters. The molecule has 1 fully saturated rings. The van der Waals surface area contributed by atoms with E-state index < -0.39 is 12.2 Å². The average molecular weight is 305 g/mol. The van der Waals surface area contributed by atoms with Gasteiger partial charge in [0.2, 0.25) is 0 Å². The summed E-state index contributed by atoms with van der Waals surface area (Å²) < 4.78 is 7.31. The third-order valence-electron chi connectivity index (χ3n) is 2.94. The summed E-state index contributed by atoms with van der Waals surface area (Å²) in [4.78, 5) is 0. The van der Waals surface area contributed by atoms with Crippen LogP contribution in [0.4, 0.5) is 0 Å². The van der Waals surface area contributed by atoms with E-state index in [9.17, 15) is 10.2 Å². The summed E-state index contributed by atoms with van der Waals surface area (Å²) in [7, 11) is 0. The monoisotopic (exact) mass is 304 g/mol. The van der Waals surface area contributed by atoms with Gasteiger partial charge in [-0.15, -0.1) is 0 Å². The molecule has 1 aliphatic heterocycles. The highest BCUT2D eigenvalue weighted by atomic mass is 79.9. The molecule has 1 saturated heterocycles. The molecule has 1 aromatic heterocycles. The number of aliphatic hydroxyl groups is 2. The molecule has 0 saturated carbocycles. The number of ether oxygens (including phenoxy) is 1. The molecule has 0 aromatic carbocycles. The zero-order chi connectivity index (χ0) is 12.3. The zero-order valence-electron chi connectivity index (χ0n) is 9.50. The Morgan fingerprint density at radius 1 is 1.53 bits per heavy atom. The molecule has 2 N–H and O–H groups in total. The van der Waals surface area contributed by atoms with Crippen molar-refractivity contribution in [3.05, 3.63) is 18.0 Å². The van der Waals surface area contributed by atoms with Gasteiger partial charge in [-0.05, 0) is 19.3 Å². The summed E-state index contributed by atoms with van der Waals surface area (Å²) in [5, 5.41) is 23.9. The third kappa shape index (κ3) is 3.07. The van der Waals surface area contributed by atoms with Crippen LogP contribution in [0.15, 0.2) is 12.4 Å². The Labute approximate surface area is 109 Å². The molecule has 0 amide bonds. The van der Waals surface area contributed by atoms with Gasteiger partial charge >= 0.3 is 0 Å². The van der Waals surface area contributed by atoms with E-state index in [0.717, 1.165) is 25.9 Å². The summed E-state index contributed by atoms with van der Waals surface area (Å²) in [6, 6.07) is 0. The van der Waals surface area contributed by atoms with E-state index in [2.05, 4.69) is 21.0 Å². The van der Waals surface area contributed by atoms with Crippen molar-refractivity contribution in [1.82, 2.24) is 9.78 Å². The van der Waals surface area contributed by atoms with Crippen LogP contribution in [-0.2, 0) is 4.74 Å². The second-order valence-electron chi connectivity index (χ2n) is 4.24. The average Bonchev–Trinajstić information content (AvgIpc) is 2.87. The maximum atomic E-state index is 9.83. The summed E-state index contributed by atoms with van der Waals surface area (Å²) in [5.74, 6) is 0. The molecule has 0 spiro atoms. The highest BCUT2D eigenvalue weighted by molar-refractivity contribution is 9.09. The van der Waals surface area contributed by atoms with E-state index in [-0.39, 0.29) is 6.23 Å². The molecule has 1 aliphatic rings. The summed E-state index contributed by atoms with van der Waals surface area (Å²) in [5.41, 5.74) is 0.617. The Balaban J connectivity index is 2.04.